The van der Waals surface area contributed by atoms with Crippen LogP contribution in [0.2, 0.25) is 0 Å². The zero-order valence-corrected chi connectivity index (χ0v) is 13.6. The third-order valence-electron chi connectivity index (χ3n) is 4.07. The van der Waals surface area contributed by atoms with Crippen LogP contribution in [-0.4, -0.2) is 23.1 Å². The molecule has 2 atom stereocenters. The zero-order valence-electron chi connectivity index (χ0n) is 13.6. The predicted octanol–water partition coefficient (Wildman–Crippen LogP) is 1.70. The lowest BCUT2D eigenvalue weighted by Crippen LogP contribution is -2.41. The second-order valence-corrected chi connectivity index (χ2v) is 5.71. The molecule has 6 nitrogen and oxygen atoms in total. The van der Waals surface area contributed by atoms with Crippen molar-refractivity contribution in [2.24, 2.45) is 5.10 Å². The van der Waals surface area contributed by atoms with Crippen molar-refractivity contribution in [2.45, 2.75) is 31.8 Å². The molecule has 1 saturated heterocycles. The predicted molar refractivity (Wildman–Crippen MR) is 93.2 cm³/mol. The van der Waals surface area contributed by atoms with Gasteiger partial charge in [-0.3, -0.25) is 9.78 Å². The summed E-state index contributed by atoms with van der Waals surface area (Å²) in [6, 6.07) is 13.8. The third-order valence-corrected chi connectivity index (χ3v) is 4.07. The number of amides is 1. The Bertz CT molecular complexity index is 699. The number of nitrogens with zero attached hydrogens (tertiary/aromatic N) is 2. The molecule has 1 aliphatic heterocycles. The number of nitrogens with one attached hydrogen (secondary N) is 3. The van der Waals surface area contributed by atoms with Crippen molar-refractivity contribution in [2.75, 3.05) is 0 Å². The van der Waals surface area contributed by atoms with Crippen molar-refractivity contribution >= 4 is 12.1 Å². The van der Waals surface area contributed by atoms with Crippen molar-refractivity contribution in [1.29, 1.82) is 0 Å². The molecular weight excluding hydrogens is 302 g/mol. The van der Waals surface area contributed by atoms with E-state index in [2.05, 4.69) is 57.6 Å². The lowest BCUT2D eigenvalue weighted by Gasteiger charge is -2.10. The number of benzene rings is 1. The molecule has 3 rings (SSSR count). The molecule has 1 aromatic heterocycles. The van der Waals surface area contributed by atoms with E-state index >= 15 is 0 Å². The molecule has 0 spiro atoms. The smallest absolute Gasteiger partial charge is 0.258 e. The molecule has 6 heteroatoms. The summed E-state index contributed by atoms with van der Waals surface area (Å²) in [4.78, 5) is 16.3. The van der Waals surface area contributed by atoms with Gasteiger partial charge in [0.1, 0.15) is 6.04 Å². The lowest BCUT2D eigenvalue weighted by atomic mass is 10.00. The summed E-state index contributed by atoms with van der Waals surface area (Å²) in [7, 11) is 0. The first-order valence-corrected chi connectivity index (χ1v) is 8.10. The van der Waals surface area contributed by atoms with Crippen LogP contribution in [0.15, 0.2) is 53.8 Å². The Morgan fingerprint density at radius 3 is 2.83 bits per heavy atom. The van der Waals surface area contributed by atoms with Crippen LogP contribution in [0.25, 0.3) is 0 Å². The topological polar surface area (TPSA) is 78.4 Å². The second kappa shape index (κ2) is 7.81. The molecule has 1 fully saturated rings. The van der Waals surface area contributed by atoms with Crippen LogP contribution in [0.3, 0.4) is 0 Å². The molecule has 3 N–H and O–H groups in total. The number of rotatable bonds is 5. The Morgan fingerprint density at radius 1 is 1.29 bits per heavy atom. The number of hydrogen-bond acceptors (Lipinski definition) is 5. The van der Waals surface area contributed by atoms with E-state index in [0.29, 0.717) is 12.1 Å². The number of carbonyl (C=O) groups excluding carboxylic acids is 1. The van der Waals surface area contributed by atoms with Gasteiger partial charge in [0.05, 0.1) is 11.9 Å². The van der Waals surface area contributed by atoms with Gasteiger partial charge in [0.15, 0.2) is 0 Å². The van der Waals surface area contributed by atoms with Crippen LogP contribution in [0, 0.1) is 0 Å². The van der Waals surface area contributed by atoms with E-state index in [1.54, 1.807) is 6.20 Å². The molecule has 124 valence electrons. The normalized spacial score (nSPS) is 20.4. The van der Waals surface area contributed by atoms with Gasteiger partial charge in [0.2, 0.25) is 0 Å². The summed E-state index contributed by atoms with van der Waals surface area (Å²) in [6.07, 6.45) is 4.91. The van der Waals surface area contributed by atoms with E-state index < -0.39 is 0 Å². The van der Waals surface area contributed by atoms with Crippen molar-refractivity contribution in [1.82, 2.24) is 21.3 Å². The van der Waals surface area contributed by atoms with Crippen LogP contribution >= 0.6 is 0 Å². The number of pyridine rings is 1. The fourth-order valence-corrected chi connectivity index (χ4v) is 2.62. The Morgan fingerprint density at radius 2 is 2.12 bits per heavy atom. The van der Waals surface area contributed by atoms with Gasteiger partial charge in [-0.15, -0.1) is 0 Å². The van der Waals surface area contributed by atoms with E-state index in [9.17, 15) is 4.79 Å². The Kier molecular flexibility index (Phi) is 5.30. The summed E-state index contributed by atoms with van der Waals surface area (Å²) >= 11 is 0. The summed E-state index contributed by atoms with van der Waals surface area (Å²) in [5, 5.41) is 3.95. The molecule has 0 aliphatic carbocycles. The van der Waals surface area contributed by atoms with Crippen LogP contribution in [0.1, 0.15) is 36.2 Å². The first kappa shape index (κ1) is 16.3. The van der Waals surface area contributed by atoms with Crippen LogP contribution in [0.5, 0.6) is 0 Å². The van der Waals surface area contributed by atoms with E-state index in [1.165, 1.54) is 17.3 Å². The highest BCUT2D eigenvalue weighted by molar-refractivity contribution is 5.84. The fraction of sp³-hybridized carbons (Fsp3) is 0.278. The number of aryl methyl sites for hydroxylation is 1. The minimum atomic E-state index is -0.318. The molecule has 0 bridgehead atoms. The van der Waals surface area contributed by atoms with E-state index in [0.717, 1.165) is 6.42 Å². The molecule has 1 amide bonds. The van der Waals surface area contributed by atoms with E-state index in [4.69, 9.17) is 0 Å². The maximum atomic E-state index is 12.2. The SMILES string of the molecule is CCc1ccc(C2CC(C(=O)N/N=C/c3ccccn3)NN2)cc1. The average molecular weight is 323 g/mol. The number of carbonyl (C=O) groups is 1. The second-order valence-electron chi connectivity index (χ2n) is 5.71. The molecule has 2 unspecified atom stereocenters. The highest BCUT2D eigenvalue weighted by atomic mass is 16.2. The van der Waals surface area contributed by atoms with Gasteiger partial charge in [-0.05, 0) is 36.1 Å². The molecule has 24 heavy (non-hydrogen) atoms. The van der Waals surface area contributed by atoms with E-state index in [1.807, 2.05) is 18.2 Å². The molecule has 2 aromatic rings. The standard InChI is InChI=1S/C18H21N5O/c1-2-13-6-8-14(9-7-13)16-11-17(22-21-16)18(24)23-20-12-15-5-3-4-10-19-15/h3-10,12,16-17,21-22H,2,11H2,1H3,(H,23,24)/b20-12+. The van der Waals surface area contributed by atoms with Crippen LogP contribution in [-0.2, 0) is 11.2 Å². The molecular formula is C18H21N5O. The fourth-order valence-electron chi connectivity index (χ4n) is 2.62. The molecule has 0 saturated carbocycles. The summed E-state index contributed by atoms with van der Waals surface area (Å²) in [6.45, 7) is 2.14. The number of hydrogen-bond donors (Lipinski definition) is 3. The van der Waals surface area contributed by atoms with Crippen LogP contribution < -0.4 is 16.3 Å². The molecule has 1 aromatic carbocycles. The van der Waals surface area contributed by atoms with Gasteiger partial charge in [-0.2, -0.15) is 5.10 Å². The molecule has 0 radical (unpaired) electrons. The summed E-state index contributed by atoms with van der Waals surface area (Å²) in [5.74, 6) is -0.164. The van der Waals surface area contributed by atoms with Gasteiger partial charge in [-0.25, -0.2) is 16.3 Å². The minimum absolute atomic E-state index is 0.117. The number of hydrazone groups is 1. The maximum absolute atomic E-state index is 12.2. The Balaban J connectivity index is 1.53. The maximum Gasteiger partial charge on any atom is 0.258 e. The first-order valence-electron chi connectivity index (χ1n) is 8.10. The Hall–Kier alpha value is -2.57. The third kappa shape index (κ3) is 4.04. The van der Waals surface area contributed by atoms with E-state index in [-0.39, 0.29) is 18.0 Å². The highest BCUT2D eigenvalue weighted by Gasteiger charge is 2.29. The summed E-state index contributed by atoms with van der Waals surface area (Å²) in [5.41, 5.74) is 11.9. The Labute approximate surface area is 141 Å². The highest BCUT2D eigenvalue weighted by Crippen LogP contribution is 2.22. The van der Waals surface area contributed by atoms with Gasteiger partial charge >= 0.3 is 0 Å². The van der Waals surface area contributed by atoms with Gasteiger partial charge < -0.3 is 0 Å². The van der Waals surface area contributed by atoms with Crippen molar-refractivity contribution in [3.05, 3.63) is 65.5 Å². The van der Waals surface area contributed by atoms with Crippen molar-refractivity contribution < 1.29 is 4.79 Å². The first-order chi connectivity index (χ1) is 11.8. The minimum Gasteiger partial charge on any atom is -0.271 e. The number of aromatic nitrogens is 1. The lowest BCUT2D eigenvalue weighted by molar-refractivity contribution is -0.122. The van der Waals surface area contributed by atoms with Gasteiger partial charge in [-0.1, -0.05) is 37.3 Å². The average Bonchev–Trinajstić information content (AvgIpc) is 3.13. The molecule has 2 heterocycles. The quantitative estimate of drug-likeness (QED) is 0.578. The monoisotopic (exact) mass is 323 g/mol. The van der Waals surface area contributed by atoms with Crippen LogP contribution in [0.4, 0.5) is 0 Å². The van der Waals surface area contributed by atoms with Crippen molar-refractivity contribution in [3.63, 3.8) is 0 Å². The largest absolute Gasteiger partial charge is 0.271 e. The van der Waals surface area contributed by atoms with Crippen molar-refractivity contribution in [3.8, 4) is 0 Å². The van der Waals surface area contributed by atoms with Gasteiger partial charge in [0.25, 0.3) is 5.91 Å². The zero-order chi connectivity index (χ0) is 16.8. The van der Waals surface area contributed by atoms with Gasteiger partial charge in [0, 0.05) is 12.2 Å². The molecule has 1 aliphatic rings. The number of hydrazine groups is 1. The summed E-state index contributed by atoms with van der Waals surface area (Å²) < 4.78 is 0.